The topological polar surface area (TPSA) is 75.4 Å². The van der Waals surface area contributed by atoms with Gasteiger partial charge in [0.05, 0.1) is 11.1 Å². The molecule has 0 spiro atoms. The van der Waals surface area contributed by atoms with E-state index in [1.54, 1.807) is 0 Å². The Morgan fingerprint density at radius 1 is 1.12 bits per heavy atom. The van der Waals surface area contributed by atoms with E-state index in [1.165, 1.54) is 17.1 Å². The van der Waals surface area contributed by atoms with Crippen molar-refractivity contribution in [2.24, 2.45) is 5.73 Å². The molecule has 3 rings (SSSR count). The summed E-state index contributed by atoms with van der Waals surface area (Å²) in [7, 11) is 0. The van der Waals surface area contributed by atoms with Gasteiger partial charge in [0, 0.05) is 36.2 Å². The summed E-state index contributed by atoms with van der Waals surface area (Å²) in [5.41, 5.74) is 7.22. The van der Waals surface area contributed by atoms with Gasteiger partial charge in [-0.05, 0) is 30.5 Å². The summed E-state index contributed by atoms with van der Waals surface area (Å²) >= 11 is 3.93. The van der Waals surface area contributed by atoms with Gasteiger partial charge in [0.2, 0.25) is 5.91 Å². The number of nitrogens with two attached hydrogens (primary N) is 1. The molecular formula is C17H23N3O2S2. The molecule has 2 heterocycles. The molecule has 0 atom stereocenters. The van der Waals surface area contributed by atoms with Crippen molar-refractivity contribution in [1.82, 2.24) is 10.2 Å². The maximum atomic E-state index is 12.4. The number of nitrogens with one attached hydrogen (secondary N) is 1. The molecule has 7 heteroatoms. The normalized spacial score (nSPS) is 20.2. The van der Waals surface area contributed by atoms with Gasteiger partial charge in [0.15, 0.2) is 0 Å². The Morgan fingerprint density at radius 3 is 2.33 bits per heavy atom. The monoisotopic (exact) mass is 365 g/mol. The van der Waals surface area contributed by atoms with E-state index in [9.17, 15) is 9.59 Å². The van der Waals surface area contributed by atoms with Crippen molar-refractivity contribution in [2.75, 3.05) is 31.1 Å². The van der Waals surface area contributed by atoms with E-state index < -0.39 is 0 Å². The van der Waals surface area contributed by atoms with Crippen LogP contribution in [0, 0.1) is 0 Å². The molecule has 130 valence electrons. The molecule has 5 nitrogen and oxygen atoms in total. The fourth-order valence-corrected chi connectivity index (χ4v) is 5.93. The number of nitrogens with zero attached hydrogens (tertiary/aromatic N) is 1. The second-order valence-corrected chi connectivity index (χ2v) is 8.91. The Labute approximate surface area is 151 Å². The number of amides is 2. The second-order valence-electron chi connectivity index (χ2n) is 6.19. The van der Waals surface area contributed by atoms with Gasteiger partial charge >= 0.3 is 0 Å². The zero-order chi connectivity index (χ0) is 16.9. The quantitative estimate of drug-likeness (QED) is 0.833. The number of thioether (sulfide) groups is 2. The zero-order valence-electron chi connectivity index (χ0n) is 13.6. The standard InChI is InChI=1S/C17H23N3O2S2/c18-15(21)11-20-7-5-14(6-8-20)19-16(22)12-1-3-13(4-2-12)17-23-9-10-24-17/h1-4,14,17H,5-11H2,(H2,18,21)(H,19,22). The number of hydrogen-bond donors (Lipinski definition) is 2. The van der Waals surface area contributed by atoms with Crippen LogP contribution >= 0.6 is 23.5 Å². The minimum Gasteiger partial charge on any atom is -0.369 e. The van der Waals surface area contributed by atoms with Gasteiger partial charge < -0.3 is 11.1 Å². The lowest BCUT2D eigenvalue weighted by molar-refractivity contribution is -0.119. The summed E-state index contributed by atoms with van der Waals surface area (Å²) in [5, 5.41) is 3.11. The highest BCUT2D eigenvalue weighted by atomic mass is 32.2. The SMILES string of the molecule is NC(=O)CN1CCC(NC(=O)c2ccc(C3SCCS3)cc2)CC1. The molecule has 0 aliphatic carbocycles. The minimum absolute atomic E-state index is 0.0124. The van der Waals surface area contributed by atoms with E-state index in [2.05, 4.69) is 17.4 Å². The first-order chi connectivity index (χ1) is 11.6. The average molecular weight is 366 g/mol. The molecule has 0 aromatic heterocycles. The summed E-state index contributed by atoms with van der Waals surface area (Å²) < 4.78 is 0.511. The lowest BCUT2D eigenvalue weighted by atomic mass is 10.0. The van der Waals surface area contributed by atoms with Gasteiger partial charge in [-0.25, -0.2) is 0 Å². The number of hydrogen-bond acceptors (Lipinski definition) is 5. The van der Waals surface area contributed by atoms with Crippen LogP contribution in [0.5, 0.6) is 0 Å². The minimum atomic E-state index is -0.295. The van der Waals surface area contributed by atoms with Gasteiger partial charge in [-0.15, -0.1) is 23.5 Å². The smallest absolute Gasteiger partial charge is 0.251 e. The number of carbonyl (C=O) groups excluding carboxylic acids is 2. The first-order valence-corrected chi connectivity index (χ1v) is 10.4. The summed E-state index contributed by atoms with van der Waals surface area (Å²) in [4.78, 5) is 25.4. The molecule has 2 aliphatic rings. The molecule has 0 unspecified atom stereocenters. The Balaban J connectivity index is 1.49. The first-order valence-electron chi connectivity index (χ1n) is 8.26. The third kappa shape index (κ3) is 4.68. The first kappa shape index (κ1) is 17.6. The second kappa shape index (κ2) is 8.27. The lowest BCUT2D eigenvalue weighted by Crippen LogP contribution is -2.46. The van der Waals surface area contributed by atoms with Crippen molar-refractivity contribution in [2.45, 2.75) is 23.5 Å². The van der Waals surface area contributed by atoms with Gasteiger partial charge in [-0.2, -0.15) is 0 Å². The van der Waals surface area contributed by atoms with E-state index in [4.69, 9.17) is 5.73 Å². The van der Waals surface area contributed by atoms with Crippen LogP contribution in [0.4, 0.5) is 0 Å². The van der Waals surface area contributed by atoms with Crippen LogP contribution in [0.2, 0.25) is 0 Å². The largest absolute Gasteiger partial charge is 0.369 e. The molecule has 24 heavy (non-hydrogen) atoms. The Morgan fingerprint density at radius 2 is 1.75 bits per heavy atom. The molecule has 1 aromatic carbocycles. The van der Waals surface area contributed by atoms with Gasteiger partial charge in [0.1, 0.15) is 0 Å². The third-order valence-corrected chi connectivity index (χ3v) is 7.47. The average Bonchev–Trinajstić information content (AvgIpc) is 3.11. The summed E-state index contributed by atoms with van der Waals surface area (Å²) in [6.45, 7) is 1.89. The molecule has 2 aliphatic heterocycles. The summed E-state index contributed by atoms with van der Waals surface area (Å²) in [6, 6.07) is 8.15. The van der Waals surface area contributed by atoms with Crippen molar-refractivity contribution in [3.63, 3.8) is 0 Å². The predicted octanol–water partition coefficient (Wildman–Crippen LogP) is 1.84. The van der Waals surface area contributed by atoms with Gasteiger partial charge in [0.25, 0.3) is 5.91 Å². The molecule has 2 saturated heterocycles. The Kier molecular flexibility index (Phi) is 6.08. The summed E-state index contributed by atoms with van der Waals surface area (Å²) in [5.74, 6) is 2.09. The van der Waals surface area contributed by atoms with E-state index in [-0.39, 0.29) is 17.9 Å². The number of carbonyl (C=O) groups is 2. The third-order valence-electron chi connectivity index (χ3n) is 4.37. The van der Waals surface area contributed by atoms with Gasteiger partial charge in [-0.3, -0.25) is 14.5 Å². The highest BCUT2D eigenvalue weighted by Crippen LogP contribution is 2.45. The fourth-order valence-electron chi connectivity index (χ4n) is 3.07. The van der Waals surface area contributed by atoms with Crippen LogP contribution in [-0.2, 0) is 4.79 Å². The molecule has 2 fully saturated rings. The molecule has 0 radical (unpaired) electrons. The number of benzene rings is 1. The van der Waals surface area contributed by atoms with Crippen molar-refractivity contribution in [1.29, 1.82) is 0 Å². The fraction of sp³-hybridized carbons (Fsp3) is 0.529. The molecule has 0 bridgehead atoms. The van der Waals surface area contributed by atoms with Crippen molar-refractivity contribution >= 4 is 35.3 Å². The molecule has 2 amide bonds. The Hall–Kier alpha value is -1.18. The van der Waals surface area contributed by atoms with Crippen LogP contribution in [-0.4, -0.2) is 53.9 Å². The van der Waals surface area contributed by atoms with Crippen molar-refractivity contribution in [3.8, 4) is 0 Å². The van der Waals surface area contributed by atoms with Crippen LogP contribution in [0.25, 0.3) is 0 Å². The lowest BCUT2D eigenvalue weighted by Gasteiger charge is -2.31. The predicted molar refractivity (Wildman–Crippen MR) is 100 cm³/mol. The van der Waals surface area contributed by atoms with E-state index >= 15 is 0 Å². The van der Waals surface area contributed by atoms with Crippen LogP contribution in [0.1, 0.15) is 33.3 Å². The molecular weight excluding hydrogens is 342 g/mol. The van der Waals surface area contributed by atoms with E-state index in [0.29, 0.717) is 16.7 Å². The number of piperidine rings is 1. The van der Waals surface area contributed by atoms with Crippen LogP contribution < -0.4 is 11.1 Å². The highest BCUT2D eigenvalue weighted by Gasteiger charge is 2.22. The zero-order valence-corrected chi connectivity index (χ0v) is 15.2. The highest BCUT2D eigenvalue weighted by molar-refractivity contribution is 8.19. The van der Waals surface area contributed by atoms with Crippen LogP contribution in [0.15, 0.2) is 24.3 Å². The van der Waals surface area contributed by atoms with Crippen LogP contribution in [0.3, 0.4) is 0 Å². The molecule has 1 aromatic rings. The number of rotatable bonds is 5. The van der Waals surface area contributed by atoms with E-state index in [1.807, 2.05) is 40.6 Å². The van der Waals surface area contributed by atoms with Crippen molar-refractivity contribution < 1.29 is 9.59 Å². The molecule has 0 saturated carbocycles. The number of primary amides is 1. The maximum absolute atomic E-state index is 12.4. The van der Waals surface area contributed by atoms with Crippen molar-refractivity contribution in [3.05, 3.63) is 35.4 Å². The maximum Gasteiger partial charge on any atom is 0.251 e. The Bertz CT molecular complexity index is 580. The molecule has 3 N–H and O–H groups in total. The number of likely N-dealkylation sites (tertiary alicyclic amines) is 1. The van der Waals surface area contributed by atoms with E-state index in [0.717, 1.165) is 25.9 Å². The summed E-state index contributed by atoms with van der Waals surface area (Å²) in [6.07, 6.45) is 1.71. The van der Waals surface area contributed by atoms with Gasteiger partial charge in [-0.1, -0.05) is 12.1 Å².